The molecular formula is C61H71F3N8O6. The summed E-state index contributed by atoms with van der Waals surface area (Å²) < 4.78 is 55.4. The molecule has 0 saturated carbocycles. The van der Waals surface area contributed by atoms with Crippen molar-refractivity contribution in [3.05, 3.63) is 129 Å². The zero-order valence-electron chi connectivity index (χ0n) is 46.3. The van der Waals surface area contributed by atoms with Crippen molar-refractivity contribution in [3.63, 3.8) is 0 Å². The molecule has 0 atom stereocenters. The molecule has 4 aromatic heterocycles. The molecule has 8 heterocycles. The smallest absolute Gasteiger partial charge is 0.497 e. The summed E-state index contributed by atoms with van der Waals surface area (Å²) in [5.74, 6) is 1.96. The Kier molecular flexibility index (Phi) is 15.8. The third kappa shape index (κ3) is 11.6. The number of alkyl halides is 3. The van der Waals surface area contributed by atoms with Gasteiger partial charge in [0.1, 0.15) is 34.3 Å². The van der Waals surface area contributed by atoms with E-state index < -0.39 is 6.36 Å². The van der Waals surface area contributed by atoms with Crippen molar-refractivity contribution < 1.29 is 41.8 Å². The fourth-order valence-electron chi connectivity index (χ4n) is 11.7. The number of halogens is 3. The summed E-state index contributed by atoms with van der Waals surface area (Å²) in [6.07, 6.45) is -2.09. The maximum atomic E-state index is 12.5. The maximum Gasteiger partial charge on any atom is 0.573 e. The van der Waals surface area contributed by atoms with E-state index in [2.05, 4.69) is 119 Å². The molecule has 8 aromatic rings. The van der Waals surface area contributed by atoms with Gasteiger partial charge in [-0.15, -0.1) is 13.2 Å². The van der Waals surface area contributed by atoms with Gasteiger partial charge in [-0.3, -0.25) is 19.2 Å². The van der Waals surface area contributed by atoms with Gasteiger partial charge < -0.3 is 49.0 Å². The van der Waals surface area contributed by atoms with E-state index in [9.17, 15) is 32.3 Å². The van der Waals surface area contributed by atoms with Crippen molar-refractivity contribution >= 4 is 67.2 Å². The molecule has 0 aliphatic carbocycles. The van der Waals surface area contributed by atoms with Crippen molar-refractivity contribution in [2.24, 2.45) is 17.8 Å². The van der Waals surface area contributed by atoms with Crippen LogP contribution in [-0.4, -0.2) is 81.5 Å². The number of nitrogens with one attached hydrogen (secondary N) is 4. The zero-order valence-corrected chi connectivity index (χ0v) is 46.3. The van der Waals surface area contributed by atoms with Crippen molar-refractivity contribution in [1.82, 2.24) is 39.5 Å². The Hall–Kier alpha value is -7.69. The van der Waals surface area contributed by atoms with Crippen LogP contribution < -0.4 is 30.7 Å². The number of ether oxygens (including phenoxy) is 2. The molecule has 0 fully saturated rings. The van der Waals surface area contributed by atoms with Crippen LogP contribution in [0.25, 0.3) is 43.6 Å². The minimum atomic E-state index is -4.74. The van der Waals surface area contributed by atoms with Gasteiger partial charge in [0.25, 0.3) is 23.6 Å². The summed E-state index contributed by atoms with van der Waals surface area (Å²) in [6, 6.07) is 23.2. The van der Waals surface area contributed by atoms with Crippen LogP contribution >= 0.6 is 0 Å². The molecule has 4 aliphatic rings. The predicted octanol–water partition coefficient (Wildman–Crippen LogP) is 11.0. The van der Waals surface area contributed by atoms with Gasteiger partial charge in [0.2, 0.25) is 0 Å². The van der Waals surface area contributed by atoms with E-state index in [4.69, 9.17) is 4.74 Å². The van der Waals surface area contributed by atoms with Crippen LogP contribution in [-0.2, 0) is 45.4 Å². The highest BCUT2D eigenvalue weighted by atomic mass is 19.4. The van der Waals surface area contributed by atoms with Crippen LogP contribution in [0.2, 0.25) is 0 Å². The Morgan fingerprint density at radius 1 is 0.449 bits per heavy atom. The summed E-state index contributed by atoms with van der Waals surface area (Å²) in [5.41, 5.74) is 14.4. The van der Waals surface area contributed by atoms with Gasteiger partial charge in [-0.25, -0.2) is 0 Å². The lowest BCUT2D eigenvalue weighted by atomic mass is 9.99. The molecule has 0 spiro atoms. The number of hydrogen-bond donors (Lipinski definition) is 4. The van der Waals surface area contributed by atoms with Gasteiger partial charge in [0, 0.05) is 73.9 Å². The molecule has 14 nitrogen and oxygen atoms in total. The number of fused-ring (bicyclic) bond motifs is 12. The second-order valence-corrected chi connectivity index (χ2v) is 22.2. The van der Waals surface area contributed by atoms with E-state index in [1.165, 1.54) is 67.3 Å². The summed E-state index contributed by atoms with van der Waals surface area (Å²) in [6.45, 7) is 25.0. The van der Waals surface area contributed by atoms with Crippen molar-refractivity contribution in [2.45, 2.75) is 114 Å². The Labute approximate surface area is 452 Å². The minimum absolute atomic E-state index is 0.0157. The van der Waals surface area contributed by atoms with Gasteiger partial charge in [-0.2, -0.15) is 0 Å². The van der Waals surface area contributed by atoms with Gasteiger partial charge in [-0.1, -0.05) is 64.8 Å². The molecule has 412 valence electrons. The Bertz CT molecular complexity index is 3630. The standard InChI is InChI=1S/C16H17F3N2O2.C16H20N2O2.C16H20N2O.C13H14N2O/c1-9(2)5-10-6-12(23-16(17,18)19)7-11-8-13-15(22)20-3-4-21(13)14(10)11;1-10(2)6-11-7-13(20-3)8-12-9-14-16(19)17-4-5-18(14)15(11)12;1-10(2)6-12-7-11(3)8-13-9-14-16(19)17-4-5-18(14)15(12)13;1-8-5-9(2)12-10(6-8)7-11-13(16)14-3-4-15(11)12/h6-9H,3-5H2,1-2H3,(H,20,22);7-10H,4-6H2,1-3H3,(H,17,19);7-10H,4-6H2,1-3H3,(H,17,19);5-7H,3-4H2,1-2H3,(H,14,16). The number of amides is 4. The number of nitrogens with zero attached hydrogens (tertiary/aromatic N) is 4. The summed E-state index contributed by atoms with van der Waals surface area (Å²) in [7, 11) is 1.68. The van der Waals surface area contributed by atoms with Crippen LogP contribution in [0.5, 0.6) is 11.5 Å². The van der Waals surface area contributed by atoms with E-state index in [1.807, 2.05) is 42.7 Å². The van der Waals surface area contributed by atoms with E-state index in [0.717, 1.165) is 84.9 Å². The topological polar surface area (TPSA) is 155 Å². The molecule has 4 amide bonds. The second-order valence-electron chi connectivity index (χ2n) is 22.2. The Morgan fingerprint density at radius 2 is 0.769 bits per heavy atom. The first-order valence-electron chi connectivity index (χ1n) is 27.0. The first kappa shape index (κ1) is 55.1. The first-order valence-corrected chi connectivity index (χ1v) is 27.0. The lowest BCUT2D eigenvalue weighted by Gasteiger charge is -2.19. The molecule has 4 aliphatic heterocycles. The molecule has 78 heavy (non-hydrogen) atoms. The van der Waals surface area contributed by atoms with Crippen molar-refractivity contribution in [3.8, 4) is 11.5 Å². The third-order valence-corrected chi connectivity index (χ3v) is 14.4. The molecule has 4 N–H and O–H groups in total. The maximum absolute atomic E-state index is 12.5. The molecule has 0 bridgehead atoms. The van der Waals surface area contributed by atoms with Gasteiger partial charge in [0.15, 0.2) is 0 Å². The summed E-state index contributed by atoms with van der Waals surface area (Å²) in [4.78, 5) is 47.6. The molecule has 12 rings (SSSR count). The number of carbonyl (C=O) groups excluding carboxylic acids is 4. The molecular weight excluding hydrogens is 998 g/mol. The monoisotopic (exact) mass is 1070 g/mol. The lowest BCUT2D eigenvalue weighted by Crippen LogP contribution is -2.35. The number of aromatic nitrogens is 4. The molecule has 17 heteroatoms. The summed E-state index contributed by atoms with van der Waals surface area (Å²) in [5, 5.41) is 15.5. The highest BCUT2D eigenvalue weighted by Crippen LogP contribution is 2.35. The number of hydrogen-bond acceptors (Lipinski definition) is 6. The van der Waals surface area contributed by atoms with Crippen LogP contribution in [0.3, 0.4) is 0 Å². The van der Waals surface area contributed by atoms with Crippen LogP contribution in [0, 0.1) is 38.5 Å². The van der Waals surface area contributed by atoms with Crippen LogP contribution in [0.4, 0.5) is 13.2 Å². The quantitative estimate of drug-likeness (QED) is 0.119. The third-order valence-electron chi connectivity index (χ3n) is 14.4. The predicted molar refractivity (Wildman–Crippen MR) is 300 cm³/mol. The number of carbonyl (C=O) groups is 4. The average molecular weight is 1070 g/mol. The van der Waals surface area contributed by atoms with Gasteiger partial charge in [0.05, 0.1) is 29.2 Å². The first-order chi connectivity index (χ1) is 37.1. The van der Waals surface area contributed by atoms with E-state index in [0.29, 0.717) is 49.0 Å². The molecule has 0 saturated heterocycles. The second kappa shape index (κ2) is 22.3. The van der Waals surface area contributed by atoms with Crippen LogP contribution in [0.1, 0.15) is 117 Å². The minimum Gasteiger partial charge on any atom is -0.497 e. The van der Waals surface area contributed by atoms with E-state index >= 15 is 0 Å². The van der Waals surface area contributed by atoms with Crippen LogP contribution in [0.15, 0.2) is 72.8 Å². The average Bonchev–Trinajstić information content (AvgIpc) is 4.22. The number of aryl methyl sites for hydroxylation is 3. The van der Waals surface area contributed by atoms with Crippen molar-refractivity contribution in [1.29, 1.82) is 0 Å². The summed E-state index contributed by atoms with van der Waals surface area (Å²) >= 11 is 0. The largest absolute Gasteiger partial charge is 0.573 e. The van der Waals surface area contributed by atoms with E-state index in [1.54, 1.807) is 13.2 Å². The lowest BCUT2D eigenvalue weighted by molar-refractivity contribution is -0.274. The SMILES string of the molecule is CC(C)Cc1cc(OC(F)(F)F)cc2cc3n(c12)CCNC3=O.COc1cc(CC(C)C)c2c(c1)cc1n2CCNC1=O.Cc1cc(C)c2c(c1)cc1n2CCNC1=O.Cc1cc(CC(C)C)c2c(c1)cc1n2CCNC1=O. The van der Waals surface area contributed by atoms with Gasteiger partial charge in [-0.05, 0) is 141 Å². The normalized spacial score (nSPS) is 14.8. The number of methoxy groups -OCH3 is 1. The fraction of sp³-hybridized carbons (Fsp3) is 0.410. The molecule has 0 unspecified atom stereocenters. The molecule has 0 radical (unpaired) electrons. The number of benzene rings is 4. The molecule has 4 aromatic carbocycles. The Morgan fingerprint density at radius 3 is 1.14 bits per heavy atom. The van der Waals surface area contributed by atoms with E-state index in [-0.39, 0.29) is 35.3 Å². The number of rotatable bonds is 8. The van der Waals surface area contributed by atoms with Gasteiger partial charge >= 0.3 is 6.36 Å². The van der Waals surface area contributed by atoms with Crippen molar-refractivity contribution in [2.75, 3.05) is 33.3 Å². The fourth-order valence-corrected chi connectivity index (χ4v) is 11.7. The highest BCUT2D eigenvalue weighted by molar-refractivity contribution is 6.03. The highest BCUT2D eigenvalue weighted by Gasteiger charge is 2.32. The Balaban J connectivity index is 0.000000127. The zero-order chi connectivity index (χ0) is 55.9.